The van der Waals surface area contributed by atoms with Gasteiger partial charge in [-0.2, -0.15) is 13.2 Å². The van der Waals surface area contributed by atoms with Crippen LogP contribution in [0.2, 0.25) is 0 Å². The maximum atomic E-state index is 11.8. The van der Waals surface area contributed by atoms with Gasteiger partial charge in [0.15, 0.2) is 0 Å². The predicted octanol–water partition coefficient (Wildman–Crippen LogP) is 2.67. The number of halogens is 3. The highest BCUT2D eigenvalue weighted by Gasteiger charge is 2.33. The van der Waals surface area contributed by atoms with Gasteiger partial charge in [0.2, 0.25) is 0 Å². The van der Waals surface area contributed by atoms with Gasteiger partial charge >= 0.3 is 12.1 Å². The standard InChI is InChI=1S/C13H24F3NO3/c1-4-8-17-12(2,11(18)19-3)7-5-6-9-20-10-13(14,15)16/h17H,4-10H2,1-3H3. The molecule has 0 aliphatic heterocycles. The van der Waals surface area contributed by atoms with E-state index in [1.165, 1.54) is 7.11 Å². The summed E-state index contributed by atoms with van der Waals surface area (Å²) in [4.78, 5) is 11.7. The number of carbonyl (C=O) groups excluding carboxylic acids is 1. The zero-order chi connectivity index (χ0) is 15.6. The van der Waals surface area contributed by atoms with Gasteiger partial charge in [-0.1, -0.05) is 6.92 Å². The summed E-state index contributed by atoms with van der Waals surface area (Å²) in [6, 6.07) is 0. The summed E-state index contributed by atoms with van der Waals surface area (Å²) in [7, 11) is 1.32. The lowest BCUT2D eigenvalue weighted by Gasteiger charge is -2.28. The molecule has 120 valence electrons. The monoisotopic (exact) mass is 299 g/mol. The molecule has 0 aliphatic carbocycles. The molecule has 0 spiro atoms. The summed E-state index contributed by atoms with van der Waals surface area (Å²) in [5.74, 6) is -0.359. The average Bonchev–Trinajstić information content (AvgIpc) is 2.38. The molecule has 0 fully saturated rings. The van der Waals surface area contributed by atoms with Gasteiger partial charge in [-0.05, 0) is 39.2 Å². The zero-order valence-corrected chi connectivity index (χ0v) is 12.3. The van der Waals surface area contributed by atoms with E-state index in [1.807, 2.05) is 6.92 Å². The van der Waals surface area contributed by atoms with E-state index >= 15 is 0 Å². The second-order valence-corrected chi connectivity index (χ2v) is 4.88. The van der Waals surface area contributed by atoms with Crippen molar-refractivity contribution in [1.29, 1.82) is 0 Å². The first-order valence-electron chi connectivity index (χ1n) is 6.73. The zero-order valence-electron chi connectivity index (χ0n) is 12.3. The van der Waals surface area contributed by atoms with E-state index in [0.29, 0.717) is 25.8 Å². The minimum atomic E-state index is -4.29. The highest BCUT2D eigenvalue weighted by Crippen LogP contribution is 2.17. The van der Waals surface area contributed by atoms with Crippen LogP contribution in [0.4, 0.5) is 13.2 Å². The van der Waals surface area contributed by atoms with E-state index in [-0.39, 0.29) is 12.6 Å². The van der Waals surface area contributed by atoms with Gasteiger partial charge in [-0.15, -0.1) is 0 Å². The van der Waals surface area contributed by atoms with Gasteiger partial charge in [0.1, 0.15) is 12.1 Å². The van der Waals surface area contributed by atoms with Crippen LogP contribution in [-0.2, 0) is 14.3 Å². The number of hydrogen-bond acceptors (Lipinski definition) is 4. The third kappa shape index (κ3) is 8.37. The summed E-state index contributed by atoms with van der Waals surface area (Å²) in [5.41, 5.74) is -0.797. The molecule has 20 heavy (non-hydrogen) atoms. The molecule has 0 aromatic rings. The number of alkyl halides is 3. The molecule has 0 radical (unpaired) electrons. The largest absolute Gasteiger partial charge is 0.468 e. The van der Waals surface area contributed by atoms with E-state index in [1.54, 1.807) is 6.92 Å². The molecule has 0 aromatic heterocycles. The van der Waals surface area contributed by atoms with Crippen molar-refractivity contribution in [3.8, 4) is 0 Å². The van der Waals surface area contributed by atoms with Crippen molar-refractivity contribution in [2.24, 2.45) is 0 Å². The second kappa shape index (κ2) is 9.18. The van der Waals surface area contributed by atoms with Crippen molar-refractivity contribution in [2.75, 3.05) is 26.9 Å². The highest BCUT2D eigenvalue weighted by atomic mass is 19.4. The fourth-order valence-corrected chi connectivity index (χ4v) is 1.76. The first-order chi connectivity index (χ1) is 9.25. The van der Waals surface area contributed by atoms with Gasteiger partial charge in [-0.3, -0.25) is 4.79 Å². The Morgan fingerprint density at radius 1 is 1.25 bits per heavy atom. The summed E-state index contributed by atoms with van der Waals surface area (Å²) in [6.07, 6.45) is -1.86. The lowest BCUT2D eigenvalue weighted by atomic mass is 9.94. The number of unbranched alkanes of at least 4 members (excludes halogenated alkanes) is 1. The van der Waals surface area contributed by atoms with Crippen LogP contribution in [0.3, 0.4) is 0 Å². The molecular formula is C13H24F3NO3. The van der Waals surface area contributed by atoms with E-state index in [4.69, 9.17) is 4.74 Å². The SMILES string of the molecule is CCCNC(C)(CCCCOCC(F)(F)F)C(=O)OC. The third-order valence-electron chi connectivity index (χ3n) is 2.88. The fourth-order valence-electron chi connectivity index (χ4n) is 1.76. The molecule has 7 heteroatoms. The molecule has 1 unspecified atom stereocenters. The van der Waals surface area contributed by atoms with Gasteiger partial charge in [0.25, 0.3) is 0 Å². The number of methoxy groups -OCH3 is 1. The van der Waals surface area contributed by atoms with Gasteiger partial charge in [-0.25, -0.2) is 0 Å². The molecule has 0 amide bonds. The number of ether oxygens (including phenoxy) is 2. The first kappa shape index (κ1) is 19.2. The maximum absolute atomic E-state index is 11.8. The van der Waals surface area contributed by atoms with E-state index in [9.17, 15) is 18.0 Å². The van der Waals surface area contributed by atoms with Crippen molar-refractivity contribution in [3.63, 3.8) is 0 Å². The topological polar surface area (TPSA) is 47.6 Å². The van der Waals surface area contributed by atoms with Gasteiger partial charge in [0, 0.05) is 6.61 Å². The summed E-state index contributed by atoms with van der Waals surface area (Å²) < 4.78 is 44.8. The molecule has 1 atom stereocenters. The van der Waals surface area contributed by atoms with Crippen LogP contribution < -0.4 is 5.32 Å². The van der Waals surface area contributed by atoms with E-state index in [2.05, 4.69) is 10.1 Å². The van der Waals surface area contributed by atoms with E-state index < -0.39 is 18.3 Å². The molecule has 0 saturated carbocycles. The summed E-state index contributed by atoms with van der Waals surface area (Å²) >= 11 is 0. The van der Waals surface area contributed by atoms with Crippen molar-refractivity contribution in [2.45, 2.75) is 51.2 Å². The van der Waals surface area contributed by atoms with Crippen LogP contribution in [0.5, 0.6) is 0 Å². The normalized spacial score (nSPS) is 14.9. The van der Waals surface area contributed by atoms with Crippen LogP contribution >= 0.6 is 0 Å². The number of hydrogen-bond donors (Lipinski definition) is 1. The fraction of sp³-hybridized carbons (Fsp3) is 0.923. The summed E-state index contributed by atoms with van der Waals surface area (Å²) in [5, 5.41) is 3.12. The van der Waals surface area contributed by atoms with Crippen LogP contribution in [-0.4, -0.2) is 44.6 Å². The smallest absolute Gasteiger partial charge is 0.411 e. The Kier molecular flexibility index (Phi) is 8.80. The number of carbonyl (C=O) groups is 1. The quantitative estimate of drug-likeness (QED) is 0.498. The van der Waals surface area contributed by atoms with E-state index in [0.717, 1.165) is 6.42 Å². The molecule has 0 heterocycles. The minimum Gasteiger partial charge on any atom is -0.468 e. The Hall–Kier alpha value is -0.820. The number of nitrogens with one attached hydrogen (secondary N) is 1. The Morgan fingerprint density at radius 3 is 2.40 bits per heavy atom. The molecule has 0 rings (SSSR count). The van der Waals surface area contributed by atoms with Crippen molar-refractivity contribution in [1.82, 2.24) is 5.32 Å². The molecule has 0 aliphatic rings. The van der Waals surface area contributed by atoms with Gasteiger partial charge in [0.05, 0.1) is 7.11 Å². The van der Waals surface area contributed by atoms with Crippen molar-refractivity contribution in [3.05, 3.63) is 0 Å². The van der Waals surface area contributed by atoms with Crippen LogP contribution in [0, 0.1) is 0 Å². The maximum Gasteiger partial charge on any atom is 0.411 e. The Bertz CT molecular complexity index is 285. The lowest BCUT2D eigenvalue weighted by Crippen LogP contribution is -2.50. The Balaban J connectivity index is 4.00. The molecule has 0 saturated heterocycles. The van der Waals surface area contributed by atoms with Crippen LogP contribution in [0.25, 0.3) is 0 Å². The highest BCUT2D eigenvalue weighted by molar-refractivity contribution is 5.80. The second-order valence-electron chi connectivity index (χ2n) is 4.88. The van der Waals surface area contributed by atoms with Crippen molar-refractivity contribution < 1.29 is 27.4 Å². The lowest BCUT2D eigenvalue weighted by molar-refractivity contribution is -0.174. The Labute approximate surface area is 118 Å². The molecular weight excluding hydrogens is 275 g/mol. The minimum absolute atomic E-state index is 0.0323. The first-order valence-corrected chi connectivity index (χ1v) is 6.73. The third-order valence-corrected chi connectivity index (χ3v) is 2.88. The molecule has 0 aromatic carbocycles. The van der Waals surface area contributed by atoms with Crippen LogP contribution in [0.15, 0.2) is 0 Å². The molecule has 1 N–H and O–H groups in total. The van der Waals surface area contributed by atoms with Crippen molar-refractivity contribution >= 4 is 5.97 Å². The molecule has 4 nitrogen and oxygen atoms in total. The van der Waals surface area contributed by atoms with Gasteiger partial charge < -0.3 is 14.8 Å². The number of esters is 1. The molecule has 0 bridgehead atoms. The Morgan fingerprint density at radius 2 is 1.90 bits per heavy atom. The number of rotatable bonds is 10. The summed E-state index contributed by atoms with van der Waals surface area (Å²) in [6.45, 7) is 3.21. The van der Waals surface area contributed by atoms with Crippen LogP contribution in [0.1, 0.15) is 39.5 Å². The predicted molar refractivity (Wildman–Crippen MR) is 69.4 cm³/mol. The average molecular weight is 299 g/mol.